The fraction of sp³-hybridized carbons (Fsp3) is 0.933. The first kappa shape index (κ1) is 13.9. The van der Waals surface area contributed by atoms with Gasteiger partial charge in [-0.3, -0.25) is 10.1 Å². The zero-order valence-electron chi connectivity index (χ0n) is 11.8. The van der Waals surface area contributed by atoms with Crippen LogP contribution >= 0.6 is 0 Å². The summed E-state index contributed by atoms with van der Waals surface area (Å²) in [6.07, 6.45) is 12.8. The van der Waals surface area contributed by atoms with Gasteiger partial charge in [0.25, 0.3) is 0 Å². The van der Waals surface area contributed by atoms with Crippen molar-refractivity contribution < 1.29 is 4.79 Å². The maximum Gasteiger partial charge on any atom is 0.243 e. The lowest BCUT2D eigenvalue weighted by atomic mass is 10.1. The van der Waals surface area contributed by atoms with Crippen LogP contribution in [0.25, 0.3) is 0 Å². The molecule has 2 fully saturated rings. The van der Waals surface area contributed by atoms with Crippen LogP contribution in [0.3, 0.4) is 0 Å². The first-order valence-electron chi connectivity index (χ1n) is 7.83. The first-order chi connectivity index (χ1) is 8.78. The maximum atomic E-state index is 12.0. The number of hydrogen-bond donors (Lipinski definition) is 1. The Morgan fingerprint density at radius 3 is 2.22 bits per heavy atom. The highest BCUT2D eigenvalue weighted by Crippen LogP contribution is 2.40. The van der Waals surface area contributed by atoms with Crippen LogP contribution in [-0.2, 0) is 4.79 Å². The van der Waals surface area contributed by atoms with E-state index >= 15 is 0 Å². The van der Waals surface area contributed by atoms with Gasteiger partial charge in [-0.05, 0) is 19.3 Å². The molecule has 3 heteroatoms. The second-order valence-corrected chi connectivity index (χ2v) is 5.96. The molecule has 2 aliphatic rings. The van der Waals surface area contributed by atoms with Crippen molar-refractivity contribution in [3.05, 3.63) is 0 Å². The molecule has 1 saturated carbocycles. The summed E-state index contributed by atoms with van der Waals surface area (Å²) in [5.41, 5.74) is -0.0971. The van der Waals surface area contributed by atoms with Crippen molar-refractivity contribution in [3.8, 4) is 0 Å². The summed E-state index contributed by atoms with van der Waals surface area (Å²) in [5, 5.41) is 3.36. The number of unbranched alkanes of at least 4 members (excludes halogenated alkanes) is 7. The summed E-state index contributed by atoms with van der Waals surface area (Å²) in [6.45, 7) is 4.01. The number of nitrogens with one attached hydrogen (secondary N) is 1. The smallest absolute Gasteiger partial charge is 0.243 e. The van der Waals surface area contributed by atoms with Crippen LogP contribution in [-0.4, -0.2) is 29.6 Å². The number of nitrogens with zero attached hydrogens (tertiary/aromatic N) is 1. The number of carbonyl (C=O) groups excluding carboxylic acids is 1. The zero-order valence-corrected chi connectivity index (χ0v) is 11.8. The van der Waals surface area contributed by atoms with Gasteiger partial charge in [0.2, 0.25) is 5.91 Å². The van der Waals surface area contributed by atoms with Crippen LogP contribution in [0.15, 0.2) is 0 Å². The molecule has 1 aliphatic heterocycles. The highest BCUT2D eigenvalue weighted by molar-refractivity contribution is 5.91. The molecule has 2 rings (SSSR count). The molecule has 0 unspecified atom stereocenters. The van der Waals surface area contributed by atoms with Crippen LogP contribution in [0.1, 0.15) is 71.1 Å². The third-order valence-corrected chi connectivity index (χ3v) is 4.34. The average molecular weight is 252 g/mol. The molecule has 0 aromatic heterocycles. The van der Waals surface area contributed by atoms with Crippen LogP contribution in [0, 0.1) is 0 Å². The van der Waals surface area contributed by atoms with Crippen molar-refractivity contribution in [2.75, 3.05) is 13.2 Å². The summed E-state index contributed by atoms with van der Waals surface area (Å²) < 4.78 is 0. The van der Waals surface area contributed by atoms with Gasteiger partial charge in [0, 0.05) is 6.54 Å². The molecule has 1 saturated heterocycles. The quantitative estimate of drug-likeness (QED) is 0.640. The second-order valence-electron chi connectivity index (χ2n) is 5.96. The first-order valence-corrected chi connectivity index (χ1v) is 7.83. The Morgan fingerprint density at radius 1 is 1.06 bits per heavy atom. The van der Waals surface area contributed by atoms with E-state index in [2.05, 4.69) is 12.2 Å². The summed E-state index contributed by atoms with van der Waals surface area (Å²) in [4.78, 5) is 14.0. The van der Waals surface area contributed by atoms with Gasteiger partial charge in [-0.25, -0.2) is 0 Å². The normalized spacial score (nSPS) is 20.9. The molecule has 1 N–H and O–H groups in total. The van der Waals surface area contributed by atoms with Gasteiger partial charge in [-0.15, -0.1) is 0 Å². The minimum absolute atomic E-state index is 0.0971. The van der Waals surface area contributed by atoms with Crippen LogP contribution < -0.4 is 5.32 Å². The van der Waals surface area contributed by atoms with Gasteiger partial charge in [0.15, 0.2) is 0 Å². The van der Waals surface area contributed by atoms with E-state index in [1.54, 1.807) is 0 Å². The van der Waals surface area contributed by atoms with Crippen LogP contribution in [0.4, 0.5) is 0 Å². The Hall–Kier alpha value is -0.570. The van der Waals surface area contributed by atoms with E-state index in [1.807, 2.05) is 4.90 Å². The average Bonchev–Trinajstić information content (AvgIpc) is 3.10. The monoisotopic (exact) mass is 252 g/mol. The Bertz CT molecular complexity index is 274. The van der Waals surface area contributed by atoms with E-state index in [1.165, 1.54) is 51.4 Å². The molecule has 3 nitrogen and oxygen atoms in total. The molecule has 0 atom stereocenters. The van der Waals surface area contributed by atoms with Gasteiger partial charge in [-0.2, -0.15) is 0 Å². The van der Waals surface area contributed by atoms with E-state index in [-0.39, 0.29) is 5.54 Å². The molecule has 1 amide bonds. The van der Waals surface area contributed by atoms with Crippen molar-refractivity contribution in [1.29, 1.82) is 0 Å². The fourth-order valence-electron chi connectivity index (χ4n) is 2.83. The van der Waals surface area contributed by atoms with Crippen LogP contribution in [0.5, 0.6) is 0 Å². The van der Waals surface area contributed by atoms with Gasteiger partial charge in [-0.1, -0.05) is 51.9 Å². The minimum atomic E-state index is -0.0971. The lowest BCUT2D eigenvalue weighted by Crippen LogP contribution is -2.32. The van der Waals surface area contributed by atoms with E-state index in [9.17, 15) is 4.79 Å². The fourth-order valence-corrected chi connectivity index (χ4v) is 2.83. The predicted octanol–water partition coefficient (Wildman–Crippen LogP) is 3.05. The Labute approximate surface area is 111 Å². The number of hydrogen-bond acceptors (Lipinski definition) is 2. The molecule has 1 heterocycles. The van der Waals surface area contributed by atoms with Gasteiger partial charge in [0.1, 0.15) is 0 Å². The molecule has 0 aromatic carbocycles. The number of rotatable bonds is 9. The second kappa shape index (κ2) is 6.55. The summed E-state index contributed by atoms with van der Waals surface area (Å²) >= 11 is 0. The standard InChI is InChI=1S/C15H28N2O/c1-2-3-4-5-6-7-8-9-12-17-13-16-15(10-11-15)14(17)18/h16H,2-13H2,1H3. The topological polar surface area (TPSA) is 32.3 Å². The Kier molecular flexibility index (Phi) is 5.04. The molecular formula is C15H28N2O. The molecule has 0 bridgehead atoms. The third kappa shape index (κ3) is 3.47. The van der Waals surface area contributed by atoms with E-state index in [0.717, 1.165) is 26.1 Å². The highest BCUT2D eigenvalue weighted by atomic mass is 16.2. The highest BCUT2D eigenvalue weighted by Gasteiger charge is 2.55. The largest absolute Gasteiger partial charge is 0.328 e. The molecule has 0 radical (unpaired) electrons. The van der Waals surface area contributed by atoms with Crippen molar-refractivity contribution in [3.63, 3.8) is 0 Å². The Morgan fingerprint density at radius 2 is 1.67 bits per heavy atom. The predicted molar refractivity (Wildman–Crippen MR) is 74.3 cm³/mol. The van der Waals surface area contributed by atoms with E-state index in [4.69, 9.17) is 0 Å². The summed E-state index contributed by atoms with van der Waals surface area (Å²) in [7, 11) is 0. The van der Waals surface area contributed by atoms with Gasteiger partial charge < -0.3 is 4.90 Å². The summed E-state index contributed by atoms with van der Waals surface area (Å²) in [6, 6.07) is 0. The van der Waals surface area contributed by atoms with Gasteiger partial charge in [0.05, 0.1) is 12.2 Å². The van der Waals surface area contributed by atoms with Crippen LogP contribution in [0.2, 0.25) is 0 Å². The van der Waals surface area contributed by atoms with E-state index in [0.29, 0.717) is 5.91 Å². The summed E-state index contributed by atoms with van der Waals surface area (Å²) in [5.74, 6) is 0.366. The third-order valence-electron chi connectivity index (χ3n) is 4.34. The molecular weight excluding hydrogens is 224 g/mol. The van der Waals surface area contributed by atoms with E-state index < -0.39 is 0 Å². The lowest BCUT2D eigenvalue weighted by molar-refractivity contribution is -0.129. The van der Waals surface area contributed by atoms with Crippen molar-refractivity contribution in [2.45, 2.75) is 76.7 Å². The molecule has 1 aliphatic carbocycles. The van der Waals surface area contributed by atoms with Crippen molar-refractivity contribution in [2.24, 2.45) is 0 Å². The molecule has 0 aromatic rings. The minimum Gasteiger partial charge on any atom is -0.328 e. The molecule has 1 spiro atoms. The number of carbonyl (C=O) groups is 1. The van der Waals surface area contributed by atoms with Crippen molar-refractivity contribution in [1.82, 2.24) is 10.2 Å². The Balaban J connectivity index is 1.45. The lowest BCUT2D eigenvalue weighted by Gasteiger charge is -2.14. The molecule has 18 heavy (non-hydrogen) atoms. The van der Waals surface area contributed by atoms with Gasteiger partial charge >= 0.3 is 0 Å². The zero-order chi connectivity index (χ0) is 12.8. The van der Waals surface area contributed by atoms with Crippen molar-refractivity contribution >= 4 is 5.91 Å². The number of amides is 1. The maximum absolute atomic E-state index is 12.0. The molecule has 104 valence electrons. The SMILES string of the molecule is CCCCCCCCCCN1CNC2(CC2)C1=O.